The Kier molecular flexibility index (Phi) is 2.50. The summed E-state index contributed by atoms with van der Waals surface area (Å²) < 4.78 is 31.6. The summed E-state index contributed by atoms with van der Waals surface area (Å²) in [6.07, 6.45) is 0.815. The van der Waals surface area contributed by atoms with E-state index in [9.17, 15) is 8.42 Å². The Balaban J connectivity index is 1.89. The lowest BCUT2D eigenvalue weighted by Gasteiger charge is -2.06. The molecule has 2 fully saturated rings. The summed E-state index contributed by atoms with van der Waals surface area (Å²) in [7, 11) is -3.31. The molecule has 0 bridgehead atoms. The fraction of sp³-hybridized carbons (Fsp3) is 0.500. The number of hydrogen-bond acceptors (Lipinski definition) is 3. The van der Waals surface area contributed by atoms with Gasteiger partial charge < -0.3 is 4.74 Å². The van der Waals surface area contributed by atoms with Gasteiger partial charge in [-0.1, -0.05) is 17.7 Å². The van der Waals surface area contributed by atoms with Crippen LogP contribution < -0.4 is 0 Å². The summed E-state index contributed by atoms with van der Waals surface area (Å²) in [6, 6.07) is 7.24. The summed E-state index contributed by atoms with van der Waals surface area (Å²) in [4.78, 5) is 0.387. The summed E-state index contributed by atoms with van der Waals surface area (Å²) in [5, 5.41) is 0. The molecule has 0 N–H and O–H groups in total. The molecule has 1 aromatic carbocycles. The Morgan fingerprint density at radius 3 is 2.53 bits per heavy atom. The van der Waals surface area contributed by atoms with Crippen molar-refractivity contribution in [1.29, 1.82) is 0 Å². The van der Waals surface area contributed by atoms with Gasteiger partial charge in [-0.3, -0.25) is 0 Å². The first-order chi connectivity index (χ1) is 8.10. The maximum Gasteiger partial charge on any atom is 0.243 e. The first-order valence-corrected chi connectivity index (χ1v) is 7.23. The molecule has 0 spiro atoms. The molecule has 3 unspecified atom stereocenters. The van der Waals surface area contributed by atoms with E-state index in [-0.39, 0.29) is 12.1 Å². The zero-order valence-electron chi connectivity index (χ0n) is 9.67. The Bertz CT molecular complexity index is 511. The highest BCUT2D eigenvalue weighted by molar-refractivity contribution is 7.89. The van der Waals surface area contributed by atoms with Crippen LogP contribution in [0.25, 0.3) is 0 Å². The number of benzene rings is 1. The third-order valence-electron chi connectivity index (χ3n) is 3.45. The van der Waals surface area contributed by atoms with Crippen LogP contribution in [0.3, 0.4) is 0 Å². The molecular weight excluding hydrogens is 238 g/mol. The second-order valence-corrected chi connectivity index (χ2v) is 6.49. The number of hydrogen-bond donors (Lipinski definition) is 0. The molecule has 3 rings (SSSR count). The molecule has 0 aliphatic carbocycles. The highest BCUT2D eigenvalue weighted by atomic mass is 32.2. The van der Waals surface area contributed by atoms with Gasteiger partial charge in [0.2, 0.25) is 10.0 Å². The van der Waals surface area contributed by atoms with E-state index in [2.05, 4.69) is 0 Å². The third-order valence-corrected chi connectivity index (χ3v) is 5.42. The monoisotopic (exact) mass is 253 g/mol. The molecule has 0 radical (unpaired) electrons. The number of ether oxygens (including phenoxy) is 1. The van der Waals surface area contributed by atoms with Crippen molar-refractivity contribution < 1.29 is 13.2 Å². The van der Waals surface area contributed by atoms with Gasteiger partial charge in [-0.25, -0.2) is 8.42 Å². The van der Waals surface area contributed by atoms with Crippen molar-refractivity contribution in [2.24, 2.45) is 0 Å². The van der Waals surface area contributed by atoms with Crippen LogP contribution in [0.1, 0.15) is 12.0 Å². The van der Waals surface area contributed by atoms with Crippen molar-refractivity contribution in [1.82, 2.24) is 4.31 Å². The summed E-state index contributed by atoms with van der Waals surface area (Å²) in [5.74, 6) is 0. The highest BCUT2D eigenvalue weighted by Gasteiger charge is 2.56. The van der Waals surface area contributed by atoms with Crippen LogP contribution in [0.2, 0.25) is 0 Å². The van der Waals surface area contributed by atoms with Crippen LogP contribution in [0.4, 0.5) is 0 Å². The van der Waals surface area contributed by atoms with E-state index < -0.39 is 10.0 Å². The second-order valence-electron chi connectivity index (χ2n) is 4.65. The lowest BCUT2D eigenvalue weighted by molar-refractivity contribution is 0.114. The summed E-state index contributed by atoms with van der Waals surface area (Å²) in [6.45, 7) is 3.15. The average molecular weight is 253 g/mol. The fourth-order valence-electron chi connectivity index (χ4n) is 2.41. The Morgan fingerprint density at radius 2 is 1.94 bits per heavy atom. The normalized spacial score (nSPS) is 31.9. The van der Waals surface area contributed by atoms with Crippen molar-refractivity contribution in [3.8, 4) is 0 Å². The van der Waals surface area contributed by atoms with Crippen LogP contribution in [-0.2, 0) is 14.8 Å². The Hall–Kier alpha value is -0.910. The minimum atomic E-state index is -3.31. The van der Waals surface area contributed by atoms with Gasteiger partial charge in [0.05, 0.1) is 17.5 Å². The molecule has 0 saturated carbocycles. The topological polar surface area (TPSA) is 46.4 Å². The molecule has 2 aliphatic rings. The molecule has 17 heavy (non-hydrogen) atoms. The quantitative estimate of drug-likeness (QED) is 0.743. The molecule has 3 atom stereocenters. The number of sulfonamides is 1. The molecule has 0 aromatic heterocycles. The van der Waals surface area contributed by atoms with Crippen molar-refractivity contribution in [3.05, 3.63) is 29.8 Å². The molecule has 2 saturated heterocycles. The zero-order chi connectivity index (χ0) is 12.0. The maximum atomic E-state index is 12.3. The minimum absolute atomic E-state index is 0.0649. The molecular formula is C12H15NO3S. The fourth-order valence-corrected chi connectivity index (χ4v) is 4.24. The predicted octanol–water partition coefficient (Wildman–Crippen LogP) is 1.16. The molecule has 2 aliphatic heterocycles. The lowest BCUT2D eigenvalue weighted by Crippen LogP contribution is -2.16. The van der Waals surface area contributed by atoms with Crippen LogP contribution in [0.15, 0.2) is 29.2 Å². The summed E-state index contributed by atoms with van der Waals surface area (Å²) in [5.41, 5.74) is 1.07. The van der Waals surface area contributed by atoms with Crippen LogP contribution in [-0.4, -0.2) is 38.0 Å². The van der Waals surface area contributed by atoms with E-state index in [1.807, 2.05) is 19.1 Å². The third kappa shape index (κ3) is 1.78. The van der Waals surface area contributed by atoms with Gasteiger partial charge in [0.15, 0.2) is 0 Å². The molecule has 1 aromatic rings. The van der Waals surface area contributed by atoms with Gasteiger partial charge in [-0.05, 0) is 25.5 Å². The first kappa shape index (κ1) is 11.2. The average Bonchev–Trinajstić information content (AvgIpc) is 3.04. The van der Waals surface area contributed by atoms with Gasteiger partial charge >= 0.3 is 0 Å². The number of fused-ring (bicyclic) bond motifs is 1. The first-order valence-electron chi connectivity index (χ1n) is 5.78. The Labute approximate surface area is 101 Å². The minimum Gasteiger partial charge on any atom is -0.380 e. The molecule has 5 heteroatoms. The largest absolute Gasteiger partial charge is 0.380 e. The van der Waals surface area contributed by atoms with E-state index in [0.29, 0.717) is 18.1 Å². The second kappa shape index (κ2) is 3.80. The van der Waals surface area contributed by atoms with E-state index in [0.717, 1.165) is 12.0 Å². The SMILES string of the molecule is Cc1ccc(S(=O)(=O)N2C3CCOCC32)cc1. The molecule has 92 valence electrons. The van der Waals surface area contributed by atoms with E-state index in [1.54, 1.807) is 16.4 Å². The summed E-state index contributed by atoms with van der Waals surface area (Å²) >= 11 is 0. The van der Waals surface area contributed by atoms with Crippen LogP contribution >= 0.6 is 0 Å². The van der Waals surface area contributed by atoms with Gasteiger partial charge in [-0.15, -0.1) is 0 Å². The van der Waals surface area contributed by atoms with E-state index in [4.69, 9.17) is 4.74 Å². The van der Waals surface area contributed by atoms with Crippen molar-refractivity contribution in [2.75, 3.05) is 13.2 Å². The Morgan fingerprint density at radius 1 is 1.24 bits per heavy atom. The molecule has 2 heterocycles. The van der Waals surface area contributed by atoms with Crippen molar-refractivity contribution >= 4 is 10.0 Å². The highest BCUT2D eigenvalue weighted by Crippen LogP contribution is 2.40. The van der Waals surface area contributed by atoms with Crippen LogP contribution in [0, 0.1) is 6.92 Å². The number of nitrogens with zero attached hydrogens (tertiary/aromatic N) is 1. The van der Waals surface area contributed by atoms with E-state index in [1.165, 1.54) is 0 Å². The lowest BCUT2D eigenvalue weighted by atomic mass is 10.2. The molecule has 4 nitrogen and oxygen atoms in total. The smallest absolute Gasteiger partial charge is 0.243 e. The van der Waals surface area contributed by atoms with Crippen molar-refractivity contribution in [3.63, 3.8) is 0 Å². The van der Waals surface area contributed by atoms with Gasteiger partial charge in [0.1, 0.15) is 0 Å². The van der Waals surface area contributed by atoms with Gasteiger partial charge in [0, 0.05) is 12.6 Å². The predicted molar refractivity (Wildman–Crippen MR) is 63.2 cm³/mol. The zero-order valence-corrected chi connectivity index (χ0v) is 10.5. The van der Waals surface area contributed by atoms with Crippen molar-refractivity contribution in [2.45, 2.75) is 30.3 Å². The standard InChI is InChI=1S/C12H15NO3S/c1-9-2-4-10(5-3-9)17(14,15)13-11-6-7-16-8-12(11)13/h2-5,11-12H,6-8H2,1H3. The van der Waals surface area contributed by atoms with Crippen LogP contribution in [0.5, 0.6) is 0 Å². The molecule has 0 amide bonds. The van der Waals surface area contributed by atoms with E-state index >= 15 is 0 Å². The number of rotatable bonds is 2. The van der Waals surface area contributed by atoms with Gasteiger partial charge in [0.25, 0.3) is 0 Å². The van der Waals surface area contributed by atoms with Gasteiger partial charge in [-0.2, -0.15) is 4.31 Å². The maximum absolute atomic E-state index is 12.3. The number of aryl methyl sites for hydroxylation is 1.